The molecule has 3 nitrogen and oxygen atoms in total. The van der Waals surface area contributed by atoms with Gasteiger partial charge in [-0.2, -0.15) is 0 Å². The molecule has 0 N–H and O–H groups in total. The fourth-order valence-electron chi connectivity index (χ4n) is 2.66. The maximum Gasteiger partial charge on any atom is 0.213 e. The van der Waals surface area contributed by atoms with Crippen LogP contribution in [0.25, 0.3) is 0 Å². The summed E-state index contributed by atoms with van der Waals surface area (Å²) in [7, 11) is 0. The van der Waals surface area contributed by atoms with Gasteiger partial charge >= 0.3 is 0 Å². The molecule has 0 amide bonds. The van der Waals surface area contributed by atoms with E-state index in [1.165, 1.54) is 37.9 Å². The molecule has 0 radical (unpaired) electrons. The normalized spacial score (nSPS) is 20.6. The average molecular weight is 248 g/mol. The first kappa shape index (κ1) is 13.3. The molecular weight excluding hydrogens is 224 g/mol. The molecule has 3 heteroatoms. The van der Waals surface area contributed by atoms with E-state index in [-0.39, 0.29) is 6.10 Å². The standard InChI is InChI=1S/C15H24N2O/c1-4-9-17-10-5-6-14(17)13-7-8-15(16-11-13)18-12(2)3/h7-8,11-12,14H,4-6,9-10H2,1-3H3/t14-/m0/s1. The minimum Gasteiger partial charge on any atom is -0.475 e. The minimum absolute atomic E-state index is 0.187. The average Bonchev–Trinajstić information content (AvgIpc) is 2.78. The molecule has 1 fully saturated rings. The molecule has 0 aromatic carbocycles. The lowest BCUT2D eigenvalue weighted by atomic mass is 10.1. The Balaban J connectivity index is 2.04. The lowest BCUT2D eigenvalue weighted by molar-refractivity contribution is 0.231. The lowest BCUT2D eigenvalue weighted by Crippen LogP contribution is -2.24. The fourth-order valence-corrected chi connectivity index (χ4v) is 2.66. The van der Waals surface area contributed by atoms with Gasteiger partial charge in [-0.05, 0) is 51.8 Å². The summed E-state index contributed by atoms with van der Waals surface area (Å²) in [6.07, 6.45) is 5.95. The van der Waals surface area contributed by atoms with Crippen LogP contribution in [0.1, 0.15) is 51.6 Å². The van der Waals surface area contributed by atoms with E-state index in [0.717, 1.165) is 5.88 Å². The fraction of sp³-hybridized carbons (Fsp3) is 0.667. The maximum atomic E-state index is 5.58. The molecular formula is C15H24N2O. The van der Waals surface area contributed by atoms with Crippen molar-refractivity contribution in [1.82, 2.24) is 9.88 Å². The number of ether oxygens (including phenoxy) is 1. The van der Waals surface area contributed by atoms with Gasteiger partial charge in [-0.3, -0.25) is 4.90 Å². The Hall–Kier alpha value is -1.09. The van der Waals surface area contributed by atoms with Gasteiger partial charge in [0.05, 0.1) is 6.10 Å². The van der Waals surface area contributed by atoms with Crippen LogP contribution in [0.3, 0.4) is 0 Å². The first-order valence-corrected chi connectivity index (χ1v) is 7.07. The van der Waals surface area contributed by atoms with Crippen LogP contribution in [-0.4, -0.2) is 29.1 Å². The third-order valence-electron chi connectivity index (χ3n) is 3.37. The van der Waals surface area contributed by atoms with E-state index in [0.29, 0.717) is 6.04 Å². The number of aromatic nitrogens is 1. The molecule has 0 spiro atoms. The summed E-state index contributed by atoms with van der Waals surface area (Å²) in [5, 5.41) is 0. The van der Waals surface area contributed by atoms with Crippen molar-refractivity contribution < 1.29 is 4.74 Å². The summed E-state index contributed by atoms with van der Waals surface area (Å²) in [6, 6.07) is 4.73. The Morgan fingerprint density at radius 1 is 1.44 bits per heavy atom. The molecule has 1 saturated heterocycles. The van der Waals surface area contributed by atoms with Crippen molar-refractivity contribution >= 4 is 0 Å². The zero-order valence-electron chi connectivity index (χ0n) is 11.7. The van der Waals surface area contributed by atoms with Crippen molar-refractivity contribution in [2.45, 2.75) is 52.2 Å². The summed E-state index contributed by atoms with van der Waals surface area (Å²) in [4.78, 5) is 6.98. The van der Waals surface area contributed by atoms with Crippen molar-refractivity contribution in [3.05, 3.63) is 23.9 Å². The molecule has 1 aliphatic rings. The van der Waals surface area contributed by atoms with E-state index in [9.17, 15) is 0 Å². The molecule has 0 bridgehead atoms. The monoisotopic (exact) mass is 248 g/mol. The molecule has 1 aromatic heterocycles. The summed E-state index contributed by atoms with van der Waals surface area (Å²) in [5.74, 6) is 0.730. The highest BCUT2D eigenvalue weighted by atomic mass is 16.5. The van der Waals surface area contributed by atoms with E-state index in [2.05, 4.69) is 22.9 Å². The van der Waals surface area contributed by atoms with Gasteiger partial charge in [0.15, 0.2) is 0 Å². The van der Waals surface area contributed by atoms with Gasteiger partial charge in [-0.25, -0.2) is 4.98 Å². The van der Waals surface area contributed by atoms with Gasteiger partial charge in [0, 0.05) is 18.3 Å². The largest absolute Gasteiger partial charge is 0.475 e. The second kappa shape index (κ2) is 6.19. The summed E-state index contributed by atoms with van der Waals surface area (Å²) >= 11 is 0. The van der Waals surface area contributed by atoms with E-state index >= 15 is 0 Å². The molecule has 100 valence electrons. The number of hydrogen-bond donors (Lipinski definition) is 0. The van der Waals surface area contributed by atoms with Gasteiger partial charge in [0.2, 0.25) is 5.88 Å². The summed E-state index contributed by atoms with van der Waals surface area (Å²) < 4.78 is 5.58. The van der Waals surface area contributed by atoms with Crippen LogP contribution in [0.5, 0.6) is 5.88 Å². The number of nitrogens with zero attached hydrogens (tertiary/aromatic N) is 2. The Morgan fingerprint density at radius 2 is 2.28 bits per heavy atom. The van der Waals surface area contributed by atoms with Crippen molar-refractivity contribution in [2.75, 3.05) is 13.1 Å². The topological polar surface area (TPSA) is 25.4 Å². The quantitative estimate of drug-likeness (QED) is 0.798. The SMILES string of the molecule is CCCN1CCC[C@H]1c1ccc(OC(C)C)nc1. The Morgan fingerprint density at radius 3 is 2.89 bits per heavy atom. The minimum atomic E-state index is 0.187. The maximum absolute atomic E-state index is 5.58. The Bertz CT molecular complexity index is 361. The van der Waals surface area contributed by atoms with Crippen molar-refractivity contribution in [3.8, 4) is 5.88 Å². The molecule has 0 unspecified atom stereocenters. The van der Waals surface area contributed by atoms with Crippen LogP contribution in [0.4, 0.5) is 0 Å². The molecule has 0 saturated carbocycles. The first-order valence-electron chi connectivity index (χ1n) is 7.07. The smallest absolute Gasteiger partial charge is 0.213 e. The number of pyridine rings is 1. The van der Waals surface area contributed by atoms with Crippen LogP contribution >= 0.6 is 0 Å². The zero-order valence-corrected chi connectivity index (χ0v) is 11.7. The first-order chi connectivity index (χ1) is 8.70. The van der Waals surface area contributed by atoms with Crippen LogP contribution in [-0.2, 0) is 0 Å². The van der Waals surface area contributed by atoms with Crippen molar-refractivity contribution in [1.29, 1.82) is 0 Å². The molecule has 1 atom stereocenters. The third kappa shape index (κ3) is 3.22. The molecule has 1 aliphatic heterocycles. The van der Waals surface area contributed by atoms with Crippen molar-refractivity contribution in [2.24, 2.45) is 0 Å². The summed E-state index contributed by atoms with van der Waals surface area (Å²) in [5.41, 5.74) is 1.33. The van der Waals surface area contributed by atoms with Gasteiger partial charge in [0.1, 0.15) is 0 Å². The number of likely N-dealkylation sites (tertiary alicyclic amines) is 1. The molecule has 2 rings (SSSR count). The van der Waals surface area contributed by atoms with Crippen LogP contribution in [0, 0.1) is 0 Å². The summed E-state index contributed by atoms with van der Waals surface area (Å²) in [6.45, 7) is 8.70. The third-order valence-corrected chi connectivity index (χ3v) is 3.37. The predicted octanol–water partition coefficient (Wildman–Crippen LogP) is 3.42. The highest BCUT2D eigenvalue weighted by molar-refractivity contribution is 5.21. The molecule has 1 aromatic rings. The van der Waals surface area contributed by atoms with Gasteiger partial charge < -0.3 is 4.74 Å². The van der Waals surface area contributed by atoms with Crippen molar-refractivity contribution in [3.63, 3.8) is 0 Å². The highest BCUT2D eigenvalue weighted by Gasteiger charge is 2.25. The predicted molar refractivity (Wildman–Crippen MR) is 73.8 cm³/mol. The van der Waals surface area contributed by atoms with E-state index < -0.39 is 0 Å². The second-order valence-corrected chi connectivity index (χ2v) is 5.29. The van der Waals surface area contributed by atoms with Crippen LogP contribution in [0.2, 0.25) is 0 Å². The van der Waals surface area contributed by atoms with E-state index in [1.807, 2.05) is 26.1 Å². The Labute approximate surface area is 110 Å². The van der Waals surface area contributed by atoms with E-state index in [4.69, 9.17) is 4.74 Å². The number of hydrogen-bond acceptors (Lipinski definition) is 3. The lowest BCUT2D eigenvalue weighted by Gasteiger charge is -2.24. The van der Waals surface area contributed by atoms with Crippen LogP contribution < -0.4 is 4.74 Å². The van der Waals surface area contributed by atoms with E-state index in [1.54, 1.807) is 0 Å². The zero-order chi connectivity index (χ0) is 13.0. The van der Waals surface area contributed by atoms with Gasteiger partial charge in [-0.1, -0.05) is 13.0 Å². The van der Waals surface area contributed by atoms with Gasteiger partial charge in [0.25, 0.3) is 0 Å². The van der Waals surface area contributed by atoms with Gasteiger partial charge in [-0.15, -0.1) is 0 Å². The second-order valence-electron chi connectivity index (χ2n) is 5.29. The van der Waals surface area contributed by atoms with Crippen LogP contribution in [0.15, 0.2) is 18.3 Å². The molecule has 18 heavy (non-hydrogen) atoms. The number of rotatable bonds is 5. The highest BCUT2D eigenvalue weighted by Crippen LogP contribution is 2.31. The molecule has 2 heterocycles. The Kier molecular flexibility index (Phi) is 4.59. The molecule has 0 aliphatic carbocycles.